The van der Waals surface area contributed by atoms with Crippen molar-refractivity contribution in [1.29, 1.82) is 0 Å². The topological polar surface area (TPSA) is 47.6 Å². The van der Waals surface area contributed by atoms with Crippen LogP contribution in [0.2, 0.25) is 0 Å². The number of esters is 1. The molecule has 0 unspecified atom stereocenters. The Balaban J connectivity index is 3.31. The van der Waals surface area contributed by atoms with E-state index < -0.39 is 0 Å². The van der Waals surface area contributed by atoms with Crippen molar-refractivity contribution >= 4 is 17.7 Å². The Morgan fingerprint density at radius 2 is 2.12 bits per heavy atom. The fourth-order valence-corrected chi connectivity index (χ4v) is 1.21. The smallest absolute Gasteiger partial charge is 0.332 e. The molecule has 0 rings (SSSR count). The summed E-state index contributed by atoms with van der Waals surface area (Å²) in [6, 6.07) is 0. The maximum atomic E-state index is 10.9. The van der Waals surface area contributed by atoms with Gasteiger partial charge >= 0.3 is 5.97 Å². The normalized spacial score (nSPS) is 11.5. The van der Waals surface area contributed by atoms with E-state index in [1.807, 2.05) is 11.8 Å². The van der Waals surface area contributed by atoms with Crippen molar-refractivity contribution in [2.45, 2.75) is 25.5 Å². The Bertz CT molecular complexity index is 198. The van der Waals surface area contributed by atoms with Crippen LogP contribution in [-0.4, -0.2) is 49.9 Å². The summed E-state index contributed by atoms with van der Waals surface area (Å²) < 4.78 is 10.1. The molecule has 0 bridgehead atoms. The summed E-state index contributed by atoms with van der Waals surface area (Å²) in [5.41, 5.74) is 0. The third-order valence-electron chi connectivity index (χ3n) is 2.05. The van der Waals surface area contributed by atoms with Crippen LogP contribution in [0.4, 0.5) is 0 Å². The highest BCUT2D eigenvalue weighted by atomic mass is 32.2. The molecule has 0 aliphatic rings. The van der Waals surface area contributed by atoms with Gasteiger partial charge in [0.05, 0.1) is 13.2 Å². The molecule has 96 valence electrons. The van der Waals surface area contributed by atoms with Gasteiger partial charge in [0.2, 0.25) is 0 Å². The zero-order valence-corrected chi connectivity index (χ0v) is 11.5. The first-order valence-electron chi connectivity index (χ1n) is 5.51. The van der Waals surface area contributed by atoms with E-state index in [0.717, 1.165) is 13.1 Å². The maximum Gasteiger partial charge on any atom is 0.332 e. The van der Waals surface area contributed by atoms with E-state index in [9.17, 15) is 4.79 Å². The van der Waals surface area contributed by atoms with Crippen LogP contribution in [0.1, 0.15) is 20.8 Å². The molecule has 0 amide bonds. The zero-order valence-electron chi connectivity index (χ0n) is 10.7. The molecule has 0 aromatic carbocycles. The molecule has 0 aromatic heterocycles. The molecular weight excluding hydrogens is 226 g/mol. The van der Waals surface area contributed by atoms with E-state index in [2.05, 4.69) is 25.4 Å². The van der Waals surface area contributed by atoms with Gasteiger partial charge in [-0.25, -0.2) is 4.79 Å². The van der Waals surface area contributed by atoms with Crippen molar-refractivity contribution < 1.29 is 14.3 Å². The summed E-state index contributed by atoms with van der Waals surface area (Å²) in [5, 5.41) is 3.28. The monoisotopic (exact) mass is 249 g/mol. The van der Waals surface area contributed by atoms with Gasteiger partial charge in [-0.2, -0.15) is 11.8 Å². The number of nitrogens with one attached hydrogen (secondary N) is 1. The highest BCUT2D eigenvalue weighted by Gasteiger charge is 2.14. The first kappa shape index (κ1) is 15.7. The minimum absolute atomic E-state index is 0.0431. The molecule has 0 aliphatic heterocycles. The average Bonchev–Trinajstić information content (AvgIpc) is 2.23. The Morgan fingerprint density at radius 1 is 1.44 bits per heavy atom. The number of ether oxygens (including phenoxy) is 2. The third-order valence-corrected chi connectivity index (χ3v) is 3.30. The molecule has 0 aliphatic carbocycles. The lowest BCUT2D eigenvalue weighted by Gasteiger charge is -2.22. The summed E-state index contributed by atoms with van der Waals surface area (Å²) in [6.45, 7) is 8.81. The Morgan fingerprint density at radius 3 is 2.69 bits per heavy atom. The molecule has 0 heterocycles. The number of thioether (sulfide) groups is 1. The van der Waals surface area contributed by atoms with Crippen molar-refractivity contribution in [1.82, 2.24) is 5.32 Å². The predicted molar refractivity (Wildman–Crippen MR) is 67.9 cm³/mol. The van der Waals surface area contributed by atoms with Gasteiger partial charge in [0, 0.05) is 17.8 Å². The van der Waals surface area contributed by atoms with E-state index in [1.165, 1.54) is 0 Å². The van der Waals surface area contributed by atoms with E-state index in [1.54, 1.807) is 6.92 Å². The molecule has 0 fully saturated rings. The van der Waals surface area contributed by atoms with Crippen LogP contribution in [0.5, 0.6) is 0 Å². The summed E-state index contributed by atoms with van der Waals surface area (Å²) in [7, 11) is 0. The lowest BCUT2D eigenvalue weighted by molar-refractivity contribution is -0.148. The number of hydrogen-bond donors (Lipinski definition) is 1. The largest absolute Gasteiger partial charge is 0.464 e. The van der Waals surface area contributed by atoms with E-state index in [0.29, 0.717) is 13.2 Å². The molecule has 5 heteroatoms. The molecule has 0 aromatic rings. The highest BCUT2D eigenvalue weighted by Crippen LogP contribution is 2.19. The van der Waals surface area contributed by atoms with Crippen molar-refractivity contribution in [3.8, 4) is 0 Å². The van der Waals surface area contributed by atoms with E-state index in [-0.39, 0.29) is 17.3 Å². The van der Waals surface area contributed by atoms with Crippen LogP contribution in [0.25, 0.3) is 0 Å². The van der Waals surface area contributed by atoms with Gasteiger partial charge in [0.15, 0.2) is 0 Å². The van der Waals surface area contributed by atoms with Crippen molar-refractivity contribution in [2.75, 3.05) is 39.2 Å². The van der Waals surface area contributed by atoms with E-state index in [4.69, 9.17) is 9.47 Å². The third kappa shape index (κ3) is 9.00. The molecule has 4 nitrogen and oxygen atoms in total. The van der Waals surface area contributed by atoms with Gasteiger partial charge in [-0.15, -0.1) is 0 Å². The minimum atomic E-state index is -0.299. The Kier molecular flexibility index (Phi) is 8.70. The van der Waals surface area contributed by atoms with Crippen LogP contribution >= 0.6 is 11.8 Å². The molecule has 16 heavy (non-hydrogen) atoms. The number of carbonyl (C=O) groups excluding carboxylic acids is 1. The zero-order chi connectivity index (χ0) is 12.4. The highest BCUT2D eigenvalue weighted by molar-refractivity contribution is 7.99. The molecule has 0 spiro atoms. The quantitative estimate of drug-likeness (QED) is 0.493. The second-order valence-corrected chi connectivity index (χ2v) is 5.51. The molecule has 0 radical (unpaired) electrons. The lowest BCUT2D eigenvalue weighted by Crippen LogP contribution is -2.34. The van der Waals surface area contributed by atoms with Gasteiger partial charge in [0.25, 0.3) is 0 Å². The number of hydrogen-bond acceptors (Lipinski definition) is 5. The van der Waals surface area contributed by atoms with Gasteiger partial charge in [0.1, 0.15) is 6.61 Å². The molecule has 1 N–H and O–H groups in total. The van der Waals surface area contributed by atoms with Crippen LogP contribution in [0, 0.1) is 0 Å². The SMILES string of the molecule is CCOC(=O)COCCNCC(C)(C)SC. The van der Waals surface area contributed by atoms with Crippen molar-refractivity contribution in [2.24, 2.45) is 0 Å². The minimum Gasteiger partial charge on any atom is -0.464 e. The summed E-state index contributed by atoms with van der Waals surface area (Å²) in [6.07, 6.45) is 2.10. The Hall–Kier alpha value is -0.260. The summed E-state index contributed by atoms with van der Waals surface area (Å²) >= 11 is 1.82. The van der Waals surface area contributed by atoms with Crippen molar-refractivity contribution in [3.05, 3.63) is 0 Å². The average molecular weight is 249 g/mol. The standard InChI is InChI=1S/C11H23NO3S/c1-5-15-10(13)8-14-7-6-12-9-11(2,3)16-4/h12H,5-9H2,1-4H3. The molecule has 0 atom stereocenters. The molecular formula is C11H23NO3S. The van der Waals surface area contributed by atoms with Crippen LogP contribution < -0.4 is 5.32 Å². The first-order chi connectivity index (χ1) is 7.52. The molecule has 0 saturated heterocycles. The summed E-state index contributed by atoms with van der Waals surface area (Å²) in [5.74, 6) is -0.299. The van der Waals surface area contributed by atoms with Crippen molar-refractivity contribution in [3.63, 3.8) is 0 Å². The van der Waals surface area contributed by atoms with Crippen LogP contribution in [-0.2, 0) is 14.3 Å². The van der Waals surface area contributed by atoms with Crippen LogP contribution in [0.15, 0.2) is 0 Å². The molecule has 0 saturated carbocycles. The predicted octanol–water partition coefficient (Wildman–Crippen LogP) is 1.30. The second kappa shape index (κ2) is 8.84. The summed E-state index contributed by atoms with van der Waals surface area (Å²) in [4.78, 5) is 10.9. The van der Waals surface area contributed by atoms with Gasteiger partial charge in [-0.1, -0.05) is 0 Å². The number of rotatable bonds is 9. The number of carbonyl (C=O) groups is 1. The first-order valence-corrected chi connectivity index (χ1v) is 6.73. The van der Waals surface area contributed by atoms with Crippen LogP contribution in [0.3, 0.4) is 0 Å². The van der Waals surface area contributed by atoms with E-state index >= 15 is 0 Å². The van der Waals surface area contributed by atoms with Gasteiger partial charge in [-0.05, 0) is 27.0 Å². The van der Waals surface area contributed by atoms with Gasteiger partial charge in [-0.3, -0.25) is 0 Å². The lowest BCUT2D eigenvalue weighted by atomic mass is 10.2. The fraction of sp³-hybridized carbons (Fsp3) is 0.909. The van der Waals surface area contributed by atoms with Gasteiger partial charge < -0.3 is 14.8 Å². The Labute approximate surface area is 102 Å². The fourth-order valence-electron chi connectivity index (χ4n) is 0.964. The second-order valence-electron chi connectivity index (χ2n) is 4.00. The maximum absolute atomic E-state index is 10.9.